The fraction of sp³-hybridized carbons (Fsp3) is 0.450. The molecule has 2 amide bonds. The lowest BCUT2D eigenvalue weighted by Gasteiger charge is -2.32. The highest BCUT2D eigenvalue weighted by atomic mass is 16.2. The number of carbonyl (C=O) groups excluding carboxylic acids is 2. The van der Waals surface area contributed by atoms with E-state index in [0.29, 0.717) is 25.1 Å². The second-order valence-corrected chi connectivity index (χ2v) is 7.18. The van der Waals surface area contributed by atoms with E-state index < -0.39 is 0 Å². The van der Waals surface area contributed by atoms with Crippen LogP contribution in [0.25, 0.3) is 10.9 Å². The molecular weight excluding hydrogens is 344 g/mol. The number of benzene rings is 1. The number of rotatable bonds is 5. The number of aryl methyl sites for hydroxylation is 2. The third-order valence-electron chi connectivity index (χ3n) is 4.99. The van der Waals surface area contributed by atoms with Gasteiger partial charge in [0.2, 0.25) is 11.8 Å². The van der Waals surface area contributed by atoms with E-state index in [9.17, 15) is 14.4 Å². The van der Waals surface area contributed by atoms with E-state index in [4.69, 9.17) is 0 Å². The van der Waals surface area contributed by atoms with Crippen molar-refractivity contribution in [3.05, 3.63) is 45.7 Å². The largest absolute Gasteiger partial charge is 0.347 e. The number of nitrogens with zero attached hydrogens (tertiary/aromatic N) is 2. The average molecular weight is 370 g/mol. The number of H-pyrrole nitrogens is 1. The molecule has 2 aromatic rings. The number of amides is 2. The van der Waals surface area contributed by atoms with Gasteiger partial charge in [-0.1, -0.05) is 12.1 Å². The number of carbonyl (C=O) groups is 2. The number of aromatic amines is 1. The molecule has 0 atom stereocenters. The minimum atomic E-state index is -0.221. The van der Waals surface area contributed by atoms with Crippen molar-refractivity contribution in [1.29, 1.82) is 0 Å². The van der Waals surface area contributed by atoms with E-state index in [1.807, 2.05) is 38.2 Å². The molecule has 7 nitrogen and oxygen atoms in total. The minimum absolute atomic E-state index is 0.00982. The third-order valence-corrected chi connectivity index (χ3v) is 4.99. The van der Waals surface area contributed by atoms with Crippen molar-refractivity contribution in [2.24, 2.45) is 0 Å². The summed E-state index contributed by atoms with van der Waals surface area (Å²) in [6.07, 6.45) is 0.518. The molecule has 0 unspecified atom stereocenters. The Balaban J connectivity index is 1.51. The van der Waals surface area contributed by atoms with Gasteiger partial charge in [-0.25, -0.2) is 0 Å². The molecule has 1 saturated heterocycles. The van der Waals surface area contributed by atoms with Gasteiger partial charge in [0.15, 0.2) is 0 Å². The Hall–Kier alpha value is -2.67. The van der Waals surface area contributed by atoms with E-state index in [0.717, 1.165) is 29.6 Å². The fourth-order valence-corrected chi connectivity index (χ4v) is 3.22. The number of nitrogens with one attached hydrogen (secondary N) is 2. The van der Waals surface area contributed by atoms with E-state index in [2.05, 4.69) is 15.2 Å². The Kier molecular flexibility index (Phi) is 5.91. The maximum Gasteiger partial charge on any atom is 0.251 e. The van der Waals surface area contributed by atoms with Crippen molar-refractivity contribution in [2.45, 2.75) is 19.8 Å². The van der Waals surface area contributed by atoms with Gasteiger partial charge in [-0.2, -0.15) is 0 Å². The van der Waals surface area contributed by atoms with Gasteiger partial charge in [0.05, 0.1) is 6.54 Å². The van der Waals surface area contributed by atoms with Gasteiger partial charge in [-0.3, -0.25) is 14.4 Å². The second kappa shape index (κ2) is 8.35. The first-order valence-electron chi connectivity index (χ1n) is 9.28. The Morgan fingerprint density at radius 3 is 2.63 bits per heavy atom. The first-order valence-corrected chi connectivity index (χ1v) is 9.28. The van der Waals surface area contributed by atoms with Crippen LogP contribution in [-0.2, 0) is 16.0 Å². The first kappa shape index (κ1) is 19.1. The van der Waals surface area contributed by atoms with Crippen molar-refractivity contribution in [1.82, 2.24) is 20.1 Å². The number of hydrogen-bond acceptors (Lipinski definition) is 4. The molecule has 1 fully saturated rings. The molecule has 3 rings (SSSR count). The number of aromatic nitrogens is 1. The quantitative estimate of drug-likeness (QED) is 0.810. The van der Waals surface area contributed by atoms with Crippen LogP contribution < -0.4 is 10.9 Å². The lowest BCUT2D eigenvalue weighted by molar-refractivity contribution is -0.134. The first-order chi connectivity index (χ1) is 12.9. The molecule has 0 aliphatic carbocycles. The highest BCUT2D eigenvalue weighted by molar-refractivity contribution is 5.85. The van der Waals surface area contributed by atoms with Crippen LogP contribution in [-0.4, -0.2) is 66.4 Å². The summed E-state index contributed by atoms with van der Waals surface area (Å²) in [4.78, 5) is 43.2. The summed E-state index contributed by atoms with van der Waals surface area (Å²) < 4.78 is 0. The van der Waals surface area contributed by atoms with E-state index >= 15 is 0 Å². The third kappa shape index (κ3) is 4.95. The van der Waals surface area contributed by atoms with E-state index in [1.165, 1.54) is 0 Å². The summed E-state index contributed by atoms with van der Waals surface area (Å²) in [5.74, 6) is -0.281. The number of likely N-dealkylation sites (N-methyl/N-ethyl adjacent to an activating group) is 1. The van der Waals surface area contributed by atoms with E-state index in [-0.39, 0.29) is 30.3 Å². The van der Waals surface area contributed by atoms with Crippen LogP contribution in [0.1, 0.15) is 17.5 Å². The topological polar surface area (TPSA) is 85.5 Å². The normalized spacial score (nSPS) is 15.1. The SMILES string of the molecule is Cc1ccc2cc(CCC(=O)NCC(=O)N3CCN(C)CC3)c(=O)[nH]c2c1. The highest BCUT2D eigenvalue weighted by Crippen LogP contribution is 2.13. The lowest BCUT2D eigenvalue weighted by Crippen LogP contribution is -2.50. The van der Waals surface area contributed by atoms with Gasteiger partial charge >= 0.3 is 0 Å². The second-order valence-electron chi connectivity index (χ2n) is 7.18. The smallest absolute Gasteiger partial charge is 0.251 e. The maximum absolute atomic E-state index is 12.2. The van der Waals surface area contributed by atoms with Crippen molar-refractivity contribution in [3.63, 3.8) is 0 Å². The molecule has 7 heteroatoms. The summed E-state index contributed by atoms with van der Waals surface area (Å²) in [6, 6.07) is 7.70. The summed E-state index contributed by atoms with van der Waals surface area (Å²) in [6.45, 7) is 5.07. The van der Waals surface area contributed by atoms with Gasteiger partial charge in [0.25, 0.3) is 5.56 Å². The molecule has 0 saturated carbocycles. The zero-order valence-electron chi connectivity index (χ0n) is 15.9. The van der Waals surface area contributed by atoms with Gasteiger partial charge in [-0.15, -0.1) is 0 Å². The molecule has 1 aliphatic heterocycles. The molecule has 27 heavy (non-hydrogen) atoms. The zero-order valence-corrected chi connectivity index (χ0v) is 15.9. The molecule has 2 N–H and O–H groups in total. The minimum Gasteiger partial charge on any atom is -0.347 e. The van der Waals surface area contributed by atoms with Crippen molar-refractivity contribution < 1.29 is 9.59 Å². The predicted molar refractivity (Wildman–Crippen MR) is 105 cm³/mol. The molecule has 1 aliphatic rings. The molecule has 1 aromatic heterocycles. The van der Waals surface area contributed by atoms with Crippen LogP contribution in [0.3, 0.4) is 0 Å². The van der Waals surface area contributed by atoms with Crippen LogP contribution in [0.2, 0.25) is 0 Å². The monoisotopic (exact) mass is 370 g/mol. The Labute approximate surface area is 158 Å². The summed E-state index contributed by atoms with van der Waals surface area (Å²) in [7, 11) is 2.03. The van der Waals surface area contributed by atoms with E-state index in [1.54, 1.807) is 4.90 Å². The van der Waals surface area contributed by atoms with Crippen LogP contribution in [0, 0.1) is 6.92 Å². The molecule has 0 spiro atoms. The molecule has 1 aromatic carbocycles. The molecule has 144 valence electrons. The standard InChI is InChI=1S/C20H26N4O3/c1-14-3-4-15-12-16(20(27)22-17(15)11-14)5-6-18(25)21-13-19(26)24-9-7-23(2)8-10-24/h3-4,11-12H,5-10,13H2,1-2H3,(H,21,25)(H,22,27). The van der Waals surface area contributed by atoms with Crippen molar-refractivity contribution in [3.8, 4) is 0 Å². The summed E-state index contributed by atoms with van der Waals surface area (Å²) in [5, 5.41) is 3.61. The Morgan fingerprint density at radius 2 is 1.89 bits per heavy atom. The molecule has 2 heterocycles. The number of pyridine rings is 1. The van der Waals surface area contributed by atoms with Crippen LogP contribution in [0.4, 0.5) is 0 Å². The zero-order chi connectivity index (χ0) is 19.4. The highest BCUT2D eigenvalue weighted by Gasteiger charge is 2.19. The van der Waals surface area contributed by atoms with Gasteiger partial charge in [-0.05, 0) is 43.5 Å². The fourth-order valence-electron chi connectivity index (χ4n) is 3.22. The molecule has 0 bridgehead atoms. The van der Waals surface area contributed by atoms with Gasteiger partial charge in [0, 0.05) is 43.7 Å². The average Bonchev–Trinajstić information content (AvgIpc) is 2.65. The molecule has 0 radical (unpaired) electrons. The summed E-state index contributed by atoms with van der Waals surface area (Å²) in [5.41, 5.74) is 2.28. The van der Waals surface area contributed by atoms with Crippen LogP contribution >= 0.6 is 0 Å². The van der Waals surface area contributed by atoms with Gasteiger partial charge < -0.3 is 20.1 Å². The number of hydrogen-bond donors (Lipinski definition) is 2. The molecular formula is C20H26N4O3. The van der Waals surface area contributed by atoms with Crippen LogP contribution in [0.15, 0.2) is 29.1 Å². The Morgan fingerprint density at radius 1 is 1.15 bits per heavy atom. The number of fused-ring (bicyclic) bond motifs is 1. The number of piperazine rings is 1. The predicted octanol–water partition coefficient (Wildman–Crippen LogP) is 0.659. The van der Waals surface area contributed by atoms with Crippen molar-refractivity contribution >= 4 is 22.7 Å². The van der Waals surface area contributed by atoms with Crippen molar-refractivity contribution in [2.75, 3.05) is 39.8 Å². The Bertz CT molecular complexity index is 898. The summed E-state index contributed by atoms with van der Waals surface area (Å²) >= 11 is 0. The van der Waals surface area contributed by atoms with Crippen LogP contribution in [0.5, 0.6) is 0 Å². The van der Waals surface area contributed by atoms with Gasteiger partial charge in [0.1, 0.15) is 0 Å². The maximum atomic E-state index is 12.2. The lowest BCUT2D eigenvalue weighted by atomic mass is 10.1.